The predicted octanol–water partition coefficient (Wildman–Crippen LogP) is 2.62. The van der Waals surface area contributed by atoms with Crippen molar-refractivity contribution in [1.29, 1.82) is 0 Å². The second-order valence-corrected chi connectivity index (χ2v) is 8.92. The van der Waals surface area contributed by atoms with E-state index in [1.807, 2.05) is 24.4 Å². The Labute approximate surface area is 185 Å². The average molecular weight is 439 g/mol. The number of fused-ring (bicyclic) bond motifs is 1. The molecular weight excluding hydrogens is 412 g/mol. The molecule has 2 aliphatic heterocycles. The van der Waals surface area contributed by atoms with Gasteiger partial charge in [0.2, 0.25) is 5.95 Å². The molecule has 1 atom stereocenters. The number of hydrogen-bond acceptors (Lipinski definition) is 8. The van der Waals surface area contributed by atoms with Crippen molar-refractivity contribution in [2.24, 2.45) is 0 Å². The second-order valence-electron chi connectivity index (χ2n) is 7.92. The van der Waals surface area contributed by atoms with Crippen molar-refractivity contribution in [1.82, 2.24) is 25.2 Å². The number of aromatic nitrogens is 3. The summed E-state index contributed by atoms with van der Waals surface area (Å²) < 4.78 is 6.15. The summed E-state index contributed by atoms with van der Waals surface area (Å²) in [6.07, 6.45) is 5.84. The minimum absolute atomic E-state index is 0.0928. The van der Waals surface area contributed by atoms with E-state index in [1.54, 1.807) is 13.2 Å². The molecular formula is C22H26N6O2S. The molecule has 3 aromatic rings. The number of hydrogen-bond donors (Lipinski definition) is 1. The van der Waals surface area contributed by atoms with E-state index in [0.717, 1.165) is 53.6 Å². The molecule has 1 amide bonds. The van der Waals surface area contributed by atoms with Gasteiger partial charge in [-0.15, -0.1) is 11.3 Å². The van der Waals surface area contributed by atoms with Gasteiger partial charge in [-0.2, -0.15) is 0 Å². The highest BCUT2D eigenvalue weighted by Gasteiger charge is 2.30. The Hall–Kier alpha value is -2.62. The van der Waals surface area contributed by atoms with Crippen molar-refractivity contribution in [2.45, 2.75) is 25.5 Å². The molecule has 0 bridgehead atoms. The molecule has 3 aromatic heterocycles. The van der Waals surface area contributed by atoms with Gasteiger partial charge in [0.05, 0.1) is 18.4 Å². The summed E-state index contributed by atoms with van der Waals surface area (Å²) in [5.41, 5.74) is 1.96. The van der Waals surface area contributed by atoms with Gasteiger partial charge in [-0.05, 0) is 25.0 Å². The Balaban J connectivity index is 1.38. The van der Waals surface area contributed by atoms with E-state index in [0.29, 0.717) is 18.0 Å². The standard InChI is InChI=1S/C22H26N6O2S/c1-23-20(29)19-18(16-5-4-7-24-21(16)31-19)17-14-27(11-12-30-17)13-15-6-8-25-22(26-15)28-9-2-3-10-28/h4-8,17H,2-3,9-14H2,1H3,(H,23,29). The Morgan fingerprint density at radius 2 is 2.10 bits per heavy atom. The fourth-order valence-electron chi connectivity index (χ4n) is 4.34. The third-order valence-electron chi connectivity index (χ3n) is 5.89. The van der Waals surface area contributed by atoms with Crippen molar-refractivity contribution in [3.63, 3.8) is 0 Å². The normalized spacial score (nSPS) is 19.8. The lowest BCUT2D eigenvalue weighted by atomic mass is 10.0. The van der Waals surface area contributed by atoms with Crippen LogP contribution in [-0.4, -0.2) is 65.6 Å². The van der Waals surface area contributed by atoms with Crippen LogP contribution >= 0.6 is 11.3 Å². The number of nitrogens with zero attached hydrogens (tertiary/aromatic N) is 5. The highest BCUT2D eigenvalue weighted by Crippen LogP contribution is 2.37. The Morgan fingerprint density at radius 3 is 2.94 bits per heavy atom. The van der Waals surface area contributed by atoms with Crippen LogP contribution in [0, 0.1) is 0 Å². The van der Waals surface area contributed by atoms with Gasteiger partial charge in [-0.25, -0.2) is 15.0 Å². The molecule has 162 valence electrons. The summed E-state index contributed by atoms with van der Waals surface area (Å²) in [7, 11) is 1.66. The second kappa shape index (κ2) is 8.86. The molecule has 31 heavy (non-hydrogen) atoms. The molecule has 0 saturated carbocycles. The third kappa shape index (κ3) is 4.13. The van der Waals surface area contributed by atoms with Crippen LogP contribution in [0.15, 0.2) is 30.6 Å². The maximum Gasteiger partial charge on any atom is 0.261 e. The van der Waals surface area contributed by atoms with Gasteiger partial charge in [0.1, 0.15) is 9.71 Å². The smallest absolute Gasteiger partial charge is 0.261 e. The monoisotopic (exact) mass is 438 g/mol. The molecule has 1 unspecified atom stereocenters. The number of amides is 1. The van der Waals surface area contributed by atoms with Crippen LogP contribution in [0.4, 0.5) is 5.95 Å². The SMILES string of the molecule is CNC(=O)c1sc2ncccc2c1C1CN(Cc2ccnc(N3CCCC3)n2)CCO1. The van der Waals surface area contributed by atoms with Gasteiger partial charge in [-0.1, -0.05) is 6.07 Å². The average Bonchev–Trinajstić information content (AvgIpc) is 3.47. The minimum Gasteiger partial charge on any atom is -0.371 e. The maximum atomic E-state index is 12.6. The van der Waals surface area contributed by atoms with Gasteiger partial charge < -0.3 is 15.0 Å². The zero-order valence-electron chi connectivity index (χ0n) is 17.6. The third-order valence-corrected chi connectivity index (χ3v) is 7.01. The predicted molar refractivity (Wildman–Crippen MR) is 120 cm³/mol. The van der Waals surface area contributed by atoms with Crippen molar-refractivity contribution in [3.05, 3.63) is 46.7 Å². The Bertz CT molecular complexity index is 1080. The first-order chi connectivity index (χ1) is 15.2. The van der Waals surface area contributed by atoms with Crippen molar-refractivity contribution < 1.29 is 9.53 Å². The fraction of sp³-hybridized carbons (Fsp3) is 0.455. The molecule has 9 heteroatoms. The molecule has 1 N–H and O–H groups in total. The van der Waals surface area contributed by atoms with E-state index >= 15 is 0 Å². The molecule has 5 rings (SSSR count). The molecule has 5 heterocycles. The first-order valence-corrected chi connectivity index (χ1v) is 11.5. The number of thiophene rings is 1. The van der Waals surface area contributed by atoms with Crippen molar-refractivity contribution in [2.75, 3.05) is 44.7 Å². The number of carbonyl (C=O) groups excluding carboxylic acids is 1. The van der Waals surface area contributed by atoms with Gasteiger partial charge in [-0.3, -0.25) is 9.69 Å². The minimum atomic E-state index is -0.182. The van der Waals surface area contributed by atoms with Crippen LogP contribution in [0.3, 0.4) is 0 Å². The van der Waals surface area contributed by atoms with Crippen LogP contribution in [-0.2, 0) is 11.3 Å². The van der Waals surface area contributed by atoms with Crippen LogP contribution in [0.2, 0.25) is 0 Å². The van der Waals surface area contributed by atoms with Gasteiger partial charge in [0.15, 0.2) is 0 Å². The van der Waals surface area contributed by atoms with Crippen molar-refractivity contribution in [3.8, 4) is 0 Å². The van der Waals surface area contributed by atoms with E-state index in [2.05, 4.69) is 25.1 Å². The number of carbonyl (C=O) groups is 1. The molecule has 8 nitrogen and oxygen atoms in total. The lowest BCUT2D eigenvalue weighted by Crippen LogP contribution is -2.38. The first-order valence-electron chi connectivity index (χ1n) is 10.7. The van der Waals surface area contributed by atoms with E-state index in [1.165, 1.54) is 24.2 Å². The largest absolute Gasteiger partial charge is 0.371 e. The zero-order valence-corrected chi connectivity index (χ0v) is 18.4. The van der Waals surface area contributed by atoms with E-state index in [4.69, 9.17) is 9.72 Å². The number of morpholine rings is 1. The molecule has 0 radical (unpaired) electrons. The summed E-state index contributed by atoms with van der Waals surface area (Å²) >= 11 is 1.42. The first kappa shape index (κ1) is 20.3. The molecule has 2 saturated heterocycles. The molecule has 0 aliphatic carbocycles. The number of nitrogens with one attached hydrogen (secondary N) is 1. The van der Waals surface area contributed by atoms with E-state index in [-0.39, 0.29) is 12.0 Å². The Kier molecular flexibility index (Phi) is 5.80. The van der Waals surface area contributed by atoms with Crippen LogP contribution in [0.5, 0.6) is 0 Å². The van der Waals surface area contributed by atoms with Gasteiger partial charge in [0.25, 0.3) is 5.91 Å². The molecule has 0 aromatic carbocycles. The molecule has 2 fully saturated rings. The van der Waals surface area contributed by atoms with Crippen LogP contribution in [0.1, 0.15) is 39.9 Å². The van der Waals surface area contributed by atoms with Crippen LogP contribution in [0.25, 0.3) is 10.2 Å². The van der Waals surface area contributed by atoms with E-state index in [9.17, 15) is 4.79 Å². The summed E-state index contributed by atoms with van der Waals surface area (Å²) in [6.45, 7) is 4.94. The summed E-state index contributed by atoms with van der Waals surface area (Å²) in [5, 5.41) is 3.76. The topological polar surface area (TPSA) is 83.5 Å². The highest BCUT2D eigenvalue weighted by atomic mass is 32.1. The van der Waals surface area contributed by atoms with Gasteiger partial charge >= 0.3 is 0 Å². The van der Waals surface area contributed by atoms with Gasteiger partial charge in [0, 0.05) is 63.1 Å². The maximum absolute atomic E-state index is 12.6. The molecule has 0 spiro atoms. The number of rotatable bonds is 5. The quantitative estimate of drug-likeness (QED) is 0.656. The lowest BCUT2D eigenvalue weighted by molar-refractivity contribution is -0.0326. The fourth-order valence-corrected chi connectivity index (χ4v) is 5.49. The Morgan fingerprint density at radius 1 is 1.23 bits per heavy atom. The lowest BCUT2D eigenvalue weighted by Gasteiger charge is -2.33. The summed E-state index contributed by atoms with van der Waals surface area (Å²) in [4.78, 5) is 32.4. The zero-order chi connectivity index (χ0) is 21.2. The number of pyridine rings is 1. The highest BCUT2D eigenvalue weighted by molar-refractivity contribution is 7.20. The number of anilines is 1. The summed E-state index contributed by atoms with van der Waals surface area (Å²) in [6, 6.07) is 5.92. The van der Waals surface area contributed by atoms with Crippen molar-refractivity contribution >= 4 is 33.4 Å². The van der Waals surface area contributed by atoms with Crippen LogP contribution < -0.4 is 10.2 Å². The molecule has 2 aliphatic rings. The van der Waals surface area contributed by atoms with E-state index < -0.39 is 0 Å². The summed E-state index contributed by atoms with van der Waals surface area (Å²) in [5.74, 6) is 0.737. The number of ether oxygens (including phenoxy) is 1.